The molecule has 2 unspecified atom stereocenters. The highest BCUT2D eigenvalue weighted by atomic mass is 32.1. The molecule has 8 heterocycles. The largest absolute Gasteiger partial charge is 0.382 e. The van der Waals surface area contributed by atoms with Gasteiger partial charge in [0.1, 0.15) is 6.07 Å². The van der Waals surface area contributed by atoms with Crippen LogP contribution in [0.2, 0.25) is 0 Å². The number of amides is 2. The summed E-state index contributed by atoms with van der Waals surface area (Å²) in [6, 6.07) is 20.0. The fourth-order valence-electron chi connectivity index (χ4n) is 9.08. The van der Waals surface area contributed by atoms with Crippen molar-refractivity contribution in [3.8, 4) is 28.0 Å². The zero-order chi connectivity index (χ0) is 37.0. The highest BCUT2D eigenvalue weighted by Gasteiger charge is 2.42. The highest BCUT2D eigenvalue weighted by molar-refractivity contribution is 7.18. The number of benzene rings is 1. The van der Waals surface area contributed by atoms with Crippen LogP contribution in [0.1, 0.15) is 68.4 Å². The number of rotatable bonds is 9. The zero-order valence-electron chi connectivity index (χ0n) is 30.6. The van der Waals surface area contributed by atoms with Gasteiger partial charge in [-0.2, -0.15) is 10.4 Å². The van der Waals surface area contributed by atoms with Gasteiger partial charge in [0.25, 0.3) is 0 Å². The number of hydrogen-bond donors (Lipinski definition) is 2. The van der Waals surface area contributed by atoms with Gasteiger partial charge in [0.2, 0.25) is 16.9 Å². The number of nitriles is 1. The minimum absolute atomic E-state index is 0.173. The molecule has 10 rings (SSSR count). The van der Waals surface area contributed by atoms with Gasteiger partial charge in [-0.1, -0.05) is 23.5 Å². The molecule has 13 nitrogen and oxygen atoms in total. The number of anilines is 3. The highest BCUT2D eigenvalue weighted by Crippen LogP contribution is 2.40. The van der Waals surface area contributed by atoms with Crippen LogP contribution in [0.3, 0.4) is 0 Å². The van der Waals surface area contributed by atoms with Crippen LogP contribution in [0.5, 0.6) is 0 Å². The number of aromatic nitrogens is 5. The van der Waals surface area contributed by atoms with Crippen LogP contribution >= 0.6 is 11.3 Å². The predicted octanol–water partition coefficient (Wildman–Crippen LogP) is 5.45. The lowest BCUT2D eigenvalue weighted by Gasteiger charge is -2.43. The SMILES string of the molecule is N#Cc1cnn2c(-c3cc(NC4CC4)c(-c4nnc(N5CC6CCC(C5)N6CC5CCN(c6ccc([C@@H]7CCC(=O)NC7=O)cc6)CC5)s4)cn3)ccc2c1. The minimum Gasteiger partial charge on any atom is -0.382 e. The van der Waals surface area contributed by atoms with Crippen LogP contribution in [0.4, 0.5) is 16.5 Å². The van der Waals surface area contributed by atoms with E-state index in [1.807, 2.05) is 28.9 Å². The Morgan fingerprint density at radius 1 is 0.891 bits per heavy atom. The van der Waals surface area contributed by atoms with Crippen molar-refractivity contribution in [1.29, 1.82) is 5.26 Å². The van der Waals surface area contributed by atoms with Crippen LogP contribution in [0, 0.1) is 17.2 Å². The van der Waals surface area contributed by atoms with E-state index in [4.69, 9.17) is 15.2 Å². The molecule has 280 valence electrons. The van der Waals surface area contributed by atoms with E-state index in [2.05, 4.69) is 66.8 Å². The van der Waals surface area contributed by atoms with Gasteiger partial charge in [0.15, 0.2) is 5.01 Å². The topological polar surface area (TPSA) is 148 Å². The van der Waals surface area contributed by atoms with Gasteiger partial charge in [-0.3, -0.25) is 24.8 Å². The maximum Gasteiger partial charge on any atom is 0.234 e. The average molecular weight is 754 g/mol. The van der Waals surface area contributed by atoms with E-state index in [0.29, 0.717) is 42.4 Å². The molecule has 0 spiro atoms. The fourth-order valence-corrected chi connectivity index (χ4v) is 9.97. The van der Waals surface area contributed by atoms with Crippen LogP contribution in [-0.4, -0.2) is 92.4 Å². The summed E-state index contributed by atoms with van der Waals surface area (Å²) in [5, 5.41) is 31.3. The van der Waals surface area contributed by atoms with Crippen molar-refractivity contribution < 1.29 is 9.59 Å². The van der Waals surface area contributed by atoms with Gasteiger partial charge in [0.05, 0.1) is 40.1 Å². The standard InChI is InChI=1S/C41H43N11O2S/c42-19-26-17-30-9-11-37(52(30)44-20-26)36-18-35(45-28-3-4-28)34(21-43-36)40-47-48-41(55-40)50-23-31-7-8-32(24-50)51(31)22-25-13-15-49(16-14-25)29-5-1-27(2-6-29)33-10-12-38(53)46-39(33)54/h1-2,5-6,9,11,17-18,20-21,25,28,31-33H,3-4,7-8,10,12-16,22-24H2,(H,43,45)(H,46,53,54)/t31?,32?,33-/m0/s1. The number of imide groups is 1. The lowest BCUT2D eigenvalue weighted by Crippen LogP contribution is -2.55. The Morgan fingerprint density at radius 3 is 2.44 bits per heavy atom. The first-order chi connectivity index (χ1) is 27.0. The molecule has 2 N–H and O–H groups in total. The molecule has 5 aromatic rings. The van der Waals surface area contributed by atoms with Crippen LogP contribution in [-0.2, 0) is 9.59 Å². The summed E-state index contributed by atoms with van der Waals surface area (Å²) in [7, 11) is 0. The number of hydrogen-bond acceptors (Lipinski definition) is 12. The summed E-state index contributed by atoms with van der Waals surface area (Å²) in [5.74, 6) is 0.0944. The second kappa shape index (κ2) is 14.0. The summed E-state index contributed by atoms with van der Waals surface area (Å²) in [5.41, 5.74) is 7.26. The van der Waals surface area contributed by atoms with E-state index in [1.165, 1.54) is 31.4 Å². The van der Waals surface area contributed by atoms with Crippen molar-refractivity contribution in [3.63, 3.8) is 0 Å². The molecule has 1 saturated carbocycles. The van der Waals surface area contributed by atoms with Gasteiger partial charge >= 0.3 is 0 Å². The summed E-state index contributed by atoms with van der Waals surface area (Å²) >= 11 is 1.66. The molecule has 1 aromatic carbocycles. The van der Waals surface area contributed by atoms with Crippen LogP contribution < -0.4 is 20.4 Å². The van der Waals surface area contributed by atoms with E-state index in [9.17, 15) is 14.9 Å². The van der Waals surface area contributed by atoms with Gasteiger partial charge in [-0.05, 0) is 92.8 Å². The molecule has 5 fully saturated rings. The first-order valence-corrected chi connectivity index (χ1v) is 20.5. The minimum atomic E-state index is -0.239. The first kappa shape index (κ1) is 34.1. The smallest absolute Gasteiger partial charge is 0.234 e. The average Bonchev–Trinajstić information content (AvgIpc) is 3.61. The maximum atomic E-state index is 12.3. The Morgan fingerprint density at radius 2 is 1.69 bits per heavy atom. The number of nitrogens with zero attached hydrogens (tertiary/aromatic N) is 9. The number of piperazine rings is 1. The first-order valence-electron chi connectivity index (χ1n) is 19.6. The van der Waals surface area contributed by atoms with E-state index >= 15 is 0 Å². The van der Waals surface area contributed by atoms with Gasteiger partial charge in [-0.25, -0.2) is 4.52 Å². The summed E-state index contributed by atoms with van der Waals surface area (Å²) in [6.07, 6.45) is 11.6. The molecule has 4 saturated heterocycles. The Labute approximate surface area is 323 Å². The second-order valence-electron chi connectivity index (χ2n) is 15.8. The van der Waals surface area contributed by atoms with E-state index in [1.54, 1.807) is 17.5 Å². The Kier molecular flexibility index (Phi) is 8.71. The number of carbonyl (C=O) groups is 2. The number of nitrogens with one attached hydrogen (secondary N) is 2. The van der Waals surface area contributed by atoms with E-state index < -0.39 is 0 Å². The lowest BCUT2D eigenvalue weighted by atomic mass is 9.90. The van der Waals surface area contributed by atoms with E-state index in [0.717, 1.165) is 89.4 Å². The van der Waals surface area contributed by atoms with Gasteiger partial charge in [-0.15, -0.1) is 10.2 Å². The van der Waals surface area contributed by atoms with Crippen molar-refractivity contribution >= 4 is 45.2 Å². The fraction of sp³-hybridized carbons (Fsp3) is 0.439. The molecule has 14 heteroatoms. The second-order valence-corrected chi connectivity index (χ2v) is 16.8. The Balaban J connectivity index is 0.775. The monoisotopic (exact) mass is 753 g/mol. The predicted molar refractivity (Wildman–Crippen MR) is 211 cm³/mol. The van der Waals surface area contributed by atoms with Crippen LogP contribution in [0.25, 0.3) is 27.5 Å². The molecule has 4 aliphatic heterocycles. The lowest BCUT2D eigenvalue weighted by molar-refractivity contribution is -0.134. The third-order valence-electron chi connectivity index (χ3n) is 12.3. The molecule has 55 heavy (non-hydrogen) atoms. The quantitative estimate of drug-likeness (QED) is 0.185. The summed E-state index contributed by atoms with van der Waals surface area (Å²) < 4.78 is 1.83. The van der Waals surface area contributed by atoms with E-state index in [-0.39, 0.29) is 17.7 Å². The molecule has 3 atom stereocenters. The van der Waals surface area contributed by atoms with Crippen molar-refractivity contribution in [2.24, 2.45) is 5.92 Å². The molecule has 0 radical (unpaired) electrons. The van der Waals surface area contributed by atoms with Crippen molar-refractivity contribution in [3.05, 3.63) is 72.1 Å². The summed E-state index contributed by atoms with van der Waals surface area (Å²) in [4.78, 5) is 36.5. The zero-order valence-corrected chi connectivity index (χ0v) is 31.4. The van der Waals surface area contributed by atoms with Crippen molar-refractivity contribution in [2.75, 3.05) is 47.8 Å². The number of fused-ring (bicyclic) bond motifs is 3. The molecule has 2 amide bonds. The van der Waals surface area contributed by atoms with Gasteiger partial charge < -0.3 is 15.1 Å². The van der Waals surface area contributed by atoms with Gasteiger partial charge in [0, 0.05) is 74.8 Å². The Hall–Kier alpha value is -5.39. The number of pyridine rings is 1. The molecule has 1 aliphatic carbocycles. The molecule has 4 aromatic heterocycles. The number of piperidine rings is 2. The normalized spacial score (nSPS) is 23.3. The molecule has 2 bridgehead atoms. The van der Waals surface area contributed by atoms with Crippen molar-refractivity contribution in [1.82, 2.24) is 35.0 Å². The Bertz CT molecular complexity index is 2290. The maximum absolute atomic E-state index is 12.3. The third kappa shape index (κ3) is 6.69. The molecular weight excluding hydrogens is 711 g/mol. The van der Waals surface area contributed by atoms with Crippen molar-refractivity contribution in [2.45, 2.75) is 75.4 Å². The third-order valence-corrected chi connectivity index (χ3v) is 13.3. The van der Waals surface area contributed by atoms with Crippen LogP contribution in [0.15, 0.2) is 60.9 Å². The number of carbonyl (C=O) groups excluding carboxylic acids is 2. The molecular formula is C41H43N11O2S. The molecule has 5 aliphatic rings. The summed E-state index contributed by atoms with van der Waals surface area (Å²) in [6.45, 7) is 5.21.